The first kappa shape index (κ1) is 19.4. The molecule has 1 aliphatic heterocycles. The molecule has 3 heterocycles. The number of rotatable bonds is 4. The van der Waals surface area contributed by atoms with Gasteiger partial charge in [-0.15, -0.1) is 0 Å². The number of anilines is 2. The number of aromatic hydroxyl groups is 1. The third-order valence-electron chi connectivity index (χ3n) is 5.07. The number of phenolic OH excluding ortho intramolecular Hbond substituents is 1. The van der Waals surface area contributed by atoms with Crippen molar-refractivity contribution in [2.24, 2.45) is 5.92 Å². The zero-order valence-corrected chi connectivity index (χ0v) is 17.3. The number of carbonyl (C=O) groups excluding carboxylic acids is 1. The molecule has 0 bridgehead atoms. The minimum atomic E-state index is -0.317. The number of aromatic nitrogens is 3. The summed E-state index contributed by atoms with van der Waals surface area (Å²) in [4.78, 5) is 27.4. The molecule has 0 aliphatic carbocycles. The van der Waals surface area contributed by atoms with Crippen LogP contribution in [0.4, 0.5) is 15.9 Å². The molecule has 0 spiro atoms. The fourth-order valence-electron chi connectivity index (χ4n) is 3.38. The maximum absolute atomic E-state index is 11.7. The Hall–Kier alpha value is -2.94. The average Bonchev–Trinajstić information content (AvgIpc) is 3.12. The van der Waals surface area contributed by atoms with Crippen molar-refractivity contribution in [1.29, 1.82) is 0 Å². The highest BCUT2D eigenvalue weighted by molar-refractivity contribution is 7.22. The molecule has 1 aliphatic rings. The monoisotopic (exact) mass is 412 g/mol. The van der Waals surface area contributed by atoms with Crippen LogP contribution in [0.1, 0.15) is 26.7 Å². The molecular weight excluding hydrogens is 388 g/mol. The van der Waals surface area contributed by atoms with Crippen molar-refractivity contribution < 1.29 is 9.90 Å². The topological polar surface area (TPSA) is 103 Å². The highest BCUT2D eigenvalue weighted by atomic mass is 32.1. The molecule has 29 heavy (non-hydrogen) atoms. The molecule has 2 aromatic heterocycles. The molecule has 2 amide bonds. The number of phenols is 1. The van der Waals surface area contributed by atoms with Gasteiger partial charge in [-0.25, -0.2) is 19.7 Å². The number of nitrogens with one attached hydrogen (secondary N) is 2. The molecule has 1 aromatic carbocycles. The highest BCUT2D eigenvalue weighted by Crippen LogP contribution is 2.37. The summed E-state index contributed by atoms with van der Waals surface area (Å²) < 4.78 is 0.625. The van der Waals surface area contributed by atoms with Crippen molar-refractivity contribution in [1.82, 2.24) is 20.3 Å². The summed E-state index contributed by atoms with van der Waals surface area (Å²) in [6, 6.07) is 3.23. The first-order chi connectivity index (χ1) is 14.0. The number of thiazole rings is 1. The van der Waals surface area contributed by atoms with E-state index in [0.717, 1.165) is 48.9 Å². The first-order valence-electron chi connectivity index (χ1n) is 9.79. The molecule has 0 radical (unpaired) electrons. The molecule has 3 aromatic rings. The van der Waals surface area contributed by atoms with E-state index in [0.29, 0.717) is 21.9 Å². The Morgan fingerprint density at radius 1 is 1.24 bits per heavy atom. The fourth-order valence-corrected chi connectivity index (χ4v) is 4.23. The normalized spacial score (nSPS) is 14.9. The van der Waals surface area contributed by atoms with E-state index in [1.54, 1.807) is 18.5 Å². The lowest BCUT2D eigenvalue weighted by Crippen LogP contribution is -2.33. The van der Waals surface area contributed by atoms with Gasteiger partial charge in [-0.05, 0) is 43.4 Å². The lowest BCUT2D eigenvalue weighted by Gasteiger charge is -2.30. The highest BCUT2D eigenvalue weighted by Gasteiger charge is 2.18. The number of hydrogen-bond acceptors (Lipinski definition) is 7. The van der Waals surface area contributed by atoms with Gasteiger partial charge in [0.1, 0.15) is 5.75 Å². The van der Waals surface area contributed by atoms with E-state index in [9.17, 15) is 9.90 Å². The van der Waals surface area contributed by atoms with Crippen LogP contribution in [0.5, 0.6) is 5.75 Å². The van der Waals surface area contributed by atoms with Gasteiger partial charge in [0, 0.05) is 37.6 Å². The van der Waals surface area contributed by atoms with Crippen molar-refractivity contribution >= 4 is 38.7 Å². The van der Waals surface area contributed by atoms with Crippen LogP contribution >= 0.6 is 11.3 Å². The lowest BCUT2D eigenvalue weighted by atomic mass is 10.00. The summed E-state index contributed by atoms with van der Waals surface area (Å²) in [7, 11) is 0. The maximum atomic E-state index is 11.7. The smallest absolute Gasteiger partial charge is 0.321 e. The van der Waals surface area contributed by atoms with Crippen LogP contribution in [-0.2, 0) is 0 Å². The zero-order chi connectivity index (χ0) is 20.4. The summed E-state index contributed by atoms with van der Waals surface area (Å²) in [5.41, 5.74) is 2.21. The van der Waals surface area contributed by atoms with E-state index in [4.69, 9.17) is 0 Å². The number of piperidine rings is 1. The van der Waals surface area contributed by atoms with Crippen molar-refractivity contribution in [3.8, 4) is 16.9 Å². The summed E-state index contributed by atoms with van der Waals surface area (Å²) >= 11 is 1.23. The molecule has 0 atom stereocenters. The number of urea groups is 1. The van der Waals surface area contributed by atoms with Crippen LogP contribution in [0.15, 0.2) is 24.5 Å². The fraction of sp³-hybridized carbons (Fsp3) is 0.400. The van der Waals surface area contributed by atoms with Crippen LogP contribution < -0.4 is 15.5 Å². The summed E-state index contributed by atoms with van der Waals surface area (Å²) in [6.45, 7) is 6.61. The van der Waals surface area contributed by atoms with Gasteiger partial charge in [-0.3, -0.25) is 5.32 Å². The van der Waals surface area contributed by atoms with Crippen molar-refractivity contribution in [2.75, 3.05) is 29.9 Å². The number of benzene rings is 1. The Bertz CT molecular complexity index is 1010. The van der Waals surface area contributed by atoms with E-state index in [1.807, 2.05) is 13.0 Å². The van der Waals surface area contributed by atoms with Crippen molar-refractivity contribution in [3.05, 3.63) is 24.5 Å². The first-order valence-corrected chi connectivity index (χ1v) is 10.6. The van der Waals surface area contributed by atoms with E-state index >= 15 is 0 Å². The minimum absolute atomic E-state index is 0.119. The van der Waals surface area contributed by atoms with Crippen molar-refractivity contribution in [2.45, 2.75) is 26.7 Å². The second kappa shape index (κ2) is 8.20. The summed E-state index contributed by atoms with van der Waals surface area (Å²) in [5, 5.41) is 16.2. The number of fused-ring (bicyclic) bond motifs is 1. The summed E-state index contributed by atoms with van der Waals surface area (Å²) in [6.07, 6.45) is 5.88. The Morgan fingerprint density at radius 3 is 2.66 bits per heavy atom. The Morgan fingerprint density at radius 2 is 1.97 bits per heavy atom. The lowest BCUT2D eigenvalue weighted by molar-refractivity contribution is 0.252. The van der Waals surface area contributed by atoms with Crippen LogP contribution in [0.3, 0.4) is 0 Å². The predicted octanol–water partition coefficient (Wildman–Crippen LogP) is 3.84. The van der Waals surface area contributed by atoms with Gasteiger partial charge in [-0.2, -0.15) is 0 Å². The van der Waals surface area contributed by atoms with Gasteiger partial charge < -0.3 is 15.3 Å². The number of carbonyl (C=O) groups is 1. The number of amides is 2. The Kier molecular flexibility index (Phi) is 5.48. The molecule has 0 saturated carbocycles. The van der Waals surface area contributed by atoms with Gasteiger partial charge in [0.2, 0.25) is 5.95 Å². The standard InChI is InChI=1S/C20H24N6O2S/c1-3-21-19(28)25-20-24-15-8-13(9-16(27)17(15)29-20)14-10-22-18(23-11-14)26-6-4-12(2)5-7-26/h8-12,27H,3-7H2,1-2H3,(H2,21,24,25,28). The van der Waals surface area contributed by atoms with E-state index < -0.39 is 0 Å². The molecule has 9 heteroatoms. The molecule has 1 fully saturated rings. The van der Waals surface area contributed by atoms with Crippen LogP contribution in [-0.4, -0.2) is 45.7 Å². The number of hydrogen-bond donors (Lipinski definition) is 3. The molecular formula is C20H24N6O2S. The maximum Gasteiger partial charge on any atom is 0.321 e. The Labute approximate surface area is 173 Å². The molecule has 1 saturated heterocycles. The van der Waals surface area contributed by atoms with Gasteiger partial charge in [0.15, 0.2) is 5.13 Å². The van der Waals surface area contributed by atoms with Crippen LogP contribution in [0.25, 0.3) is 21.3 Å². The molecule has 8 nitrogen and oxygen atoms in total. The molecule has 3 N–H and O–H groups in total. The third-order valence-corrected chi connectivity index (χ3v) is 6.08. The van der Waals surface area contributed by atoms with Crippen LogP contribution in [0, 0.1) is 5.92 Å². The molecule has 152 valence electrons. The molecule has 0 unspecified atom stereocenters. The van der Waals surface area contributed by atoms with Crippen molar-refractivity contribution in [3.63, 3.8) is 0 Å². The predicted molar refractivity (Wildman–Crippen MR) is 116 cm³/mol. The Balaban J connectivity index is 1.56. The minimum Gasteiger partial charge on any atom is -0.506 e. The SMILES string of the molecule is CCNC(=O)Nc1nc2cc(-c3cnc(N4CCC(C)CC4)nc3)cc(O)c2s1. The average molecular weight is 413 g/mol. The second-order valence-electron chi connectivity index (χ2n) is 7.29. The summed E-state index contributed by atoms with van der Waals surface area (Å²) in [5.74, 6) is 1.62. The quantitative estimate of drug-likeness (QED) is 0.602. The second-order valence-corrected chi connectivity index (χ2v) is 8.29. The van der Waals surface area contributed by atoms with Gasteiger partial charge in [0.05, 0.1) is 10.2 Å². The van der Waals surface area contributed by atoms with Crippen LogP contribution in [0.2, 0.25) is 0 Å². The zero-order valence-electron chi connectivity index (χ0n) is 16.5. The van der Waals surface area contributed by atoms with Gasteiger partial charge in [-0.1, -0.05) is 18.3 Å². The number of nitrogens with zero attached hydrogens (tertiary/aromatic N) is 4. The third kappa shape index (κ3) is 4.24. The van der Waals surface area contributed by atoms with E-state index in [2.05, 4.69) is 37.4 Å². The van der Waals surface area contributed by atoms with E-state index in [1.165, 1.54) is 11.3 Å². The van der Waals surface area contributed by atoms with E-state index in [-0.39, 0.29) is 11.8 Å². The largest absolute Gasteiger partial charge is 0.506 e. The van der Waals surface area contributed by atoms with Gasteiger partial charge >= 0.3 is 6.03 Å². The van der Waals surface area contributed by atoms with Gasteiger partial charge in [0.25, 0.3) is 0 Å². The molecule has 4 rings (SSSR count).